The van der Waals surface area contributed by atoms with E-state index in [0.717, 1.165) is 25.7 Å². The van der Waals surface area contributed by atoms with Crippen LogP contribution in [0.4, 0.5) is 8.78 Å². The Balaban J connectivity index is 1.63. The van der Waals surface area contributed by atoms with Crippen molar-refractivity contribution in [2.45, 2.75) is 51.3 Å². The third-order valence-electron chi connectivity index (χ3n) is 5.51. The van der Waals surface area contributed by atoms with Gasteiger partial charge < -0.3 is 19.3 Å². The van der Waals surface area contributed by atoms with Gasteiger partial charge in [-0.2, -0.15) is 8.78 Å². The van der Waals surface area contributed by atoms with Gasteiger partial charge in [-0.1, -0.05) is 18.9 Å². The van der Waals surface area contributed by atoms with Crippen LogP contribution in [0.1, 0.15) is 37.7 Å². The standard InChI is InChI=1S/C20H26F2N2O4/c1-23(11-13-7-8-16(27-2)17(9-13)28-20(21)22)19(26)14-10-18(25)24(12-14)15-5-3-4-6-15/h7-9,14-15,20H,3-6,10-12H2,1-2H3. The van der Waals surface area contributed by atoms with Crippen LogP contribution < -0.4 is 9.47 Å². The molecule has 8 heteroatoms. The molecule has 0 N–H and O–H groups in total. The number of carbonyl (C=O) groups excluding carboxylic acids is 2. The molecule has 1 unspecified atom stereocenters. The summed E-state index contributed by atoms with van der Waals surface area (Å²) in [5.74, 6) is -0.282. The van der Waals surface area contributed by atoms with E-state index >= 15 is 0 Å². The van der Waals surface area contributed by atoms with Crippen molar-refractivity contribution in [3.8, 4) is 11.5 Å². The van der Waals surface area contributed by atoms with Crippen LogP contribution >= 0.6 is 0 Å². The van der Waals surface area contributed by atoms with Gasteiger partial charge in [0.25, 0.3) is 0 Å². The fourth-order valence-corrected chi connectivity index (χ4v) is 4.14. The maximum Gasteiger partial charge on any atom is 0.387 e. The van der Waals surface area contributed by atoms with Crippen LogP contribution in [-0.4, -0.2) is 55.0 Å². The van der Waals surface area contributed by atoms with Crippen LogP contribution in [0.2, 0.25) is 0 Å². The largest absolute Gasteiger partial charge is 0.493 e. The molecule has 1 aromatic rings. The first kappa shape index (κ1) is 20.4. The number of hydrogen-bond acceptors (Lipinski definition) is 4. The fourth-order valence-electron chi connectivity index (χ4n) is 4.14. The molecular weight excluding hydrogens is 370 g/mol. The third-order valence-corrected chi connectivity index (χ3v) is 5.51. The number of carbonyl (C=O) groups is 2. The van der Waals surface area contributed by atoms with E-state index in [-0.39, 0.29) is 48.2 Å². The predicted molar refractivity (Wildman–Crippen MR) is 98.2 cm³/mol. The van der Waals surface area contributed by atoms with Crippen LogP contribution in [0, 0.1) is 5.92 Å². The minimum atomic E-state index is -2.96. The smallest absolute Gasteiger partial charge is 0.387 e. The fraction of sp³-hybridized carbons (Fsp3) is 0.600. The van der Waals surface area contributed by atoms with Crippen LogP contribution in [0.25, 0.3) is 0 Å². The van der Waals surface area contributed by atoms with Gasteiger partial charge in [0.2, 0.25) is 11.8 Å². The molecule has 1 saturated heterocycles. The highest BCUT2D eigenvalue weighted by atomic mass is 19.3. The number of hydrogen-bond donors (Lipinski definition) is 0. The maximum atomic E-state index is 12.8. The number of benzene rings is 1. The third kappa shape index (κ3) is 4.54. The Morgan fingerprint density at radius 3 is 2.64 bits per heavy atom. The number of likely N-dealkylation sites (tertiary alicyclic amines) is 1. The van der Waals surface area contributed by atoms with Gasteiger partial charge in [-0.3, -0.25) is 9.59 Å². The lowest BCUT2D eigenvalue weighted by molar-refractivity contribution is -0.135. The van der Waals surface area contributed by atoms with E-state index in [2.05, 4.69) is 4.74 Å². The summed E-state index contributed by atoms with van der Waals surface area (Å²) >= 11 is 0. The Labute approximate surface area is 163 Å². The summed E-state index contributed by atoms with van der Waals surface area (Å²) in [5, 5.41) is 0. The summed E-state index contributed by atoms with van der Waals surface area (Å²) in [6, 6.07) is 4.95. The van der Waals surface area contributed by atoms with E-state index in [1.54, 1.807) is 13.1 Å². The average molecular weight is 396 g/mol. The van der Waals surface area contributed by atoms with Gasteiger partial charge in [-0.05, 0) is 30.5 Å². The summed E-state index contributed by atoms with van der Waals surface area (Å²) in [6.45, 7) is -2.26. The van der Waals surface area contributed by atoms with Gasteiger partial charge in [0.05, 0.1) is 13.0 Å². The normalized spacial score (nSPS) is 20.1. The number of alkyl halides is 2. The second kappa shape index (κ2) is 8.75. The van der Waals surface area contributed by atoms with Crippen molar-refractivity contribution in [2.24, 2.45) is 5.92 Å². The lowest BCUT2D eigenvalue weighted by Crippen LogP contribution is -2.37. The van der Waals surface area contributed by atoms with Gasteiger partial charge in [0, 0.05) is 32.6 Å². The van der Waals surface area contributed by atoms with Crippen LogP contribution in [-0.2, 0) is 16.1 Å². The molecule has 28 heavy (non-hydrogen) atoms. The topological polar surface area (TPSA) is 59.1 Å². The van der Waals surface area contributed by atoms with Gasteiger partial charge in [0.15, 0.2) is 11.5 Å². The summed E-state index contributed by atoms with van der Waals surface area (Å²) in [4.78, 5) is 28.5. The Morgan fingerprint density at radius 1 is 1.29 bits per heavy atom. The van der Waals surface area contributed by atoms with Crippen molar-refractivity contribution in [3.05, 3.63) is 23.8 Å². The molecule has 154 valence electrons. The zero-order chi connectivity index (χ0) is 20.3. The quantitative estimate of drug-likeness (QED) is 0.711. The van der Waals surface area contributed by atoms with E-state index in [0.29, 0.717) is 12.1 Å². The molecule has 2 amide bonds. The zero-order valence-electron chi connectivity index (χ0n) is 16.2. The lowest BCUT2D eigenvalue weighted by atomic mass is 10.1. The highest BCUT2D eigenvalue weighted by Crippen LogP contribution is 2.32. The lowest BCUT2D eigenvalue weighted by Gasteiger charge is -2.25. The number of methoxy groups -OCH3 is 1. The first-order valence-electron chi connectivity index (χ1n) is 9.55. The molecule has 1 saturated carbocycles. The molecule has 0 bridgehead atoms. The highest BCUT2D eigenvalue weighted by molar-refractivity contribution is 5.89. The predicted octanol–water partition coefficient (Wildman–Crippen LogP) is 3.05. The molecule has 3 rings (SSSR count). The Morgan fingerprint density at radius 2 is 2.00 bits per heavy atom. The van der Waals surface area contributed by atoms with Crippen molar-refractivity contribution in [3.63, 3.8) is 0 Å². The Bertz CT molecular complexity index is 722. The van der Waals surface area contributed by atoms with Crippen molar-refractivity contribution < 1.29 is 27.8 Å². The average Bonchev–Trinajstić information content (AvgIpc) is 3.30. The summed E-state index contributed by atoms with van der Waals surface area (Å²) in [5.41, 5.74) is 0.643. The van der Waals surface area contributed by atoms with Crippen molar-refractivity contribution in [2.75, 3.05) is 20.7 Å². The van der Waals surface area contributed by atoms with Crippen molar-refractivity contribution in [1.29, 1.82) is 0 Å². The van der Waals surface area contributed by atoms with E-state index in [4.69, 9.17) is 4.74 Å². The first-order valence-corrected chi connectivity index (χ1v) is 9.55. The molecule has 0 spiro atoms. The van der Waals surface area contributed by atoms with E-state index in [1.807, 2.05) is 4.90 Å². The number of rotatable bonds is 7. The maximum absolute atomic E-state index is 12.8. The van der Waals surface area contributed by atoms with E-state index in [1.165, 1.54) is 24.1 Å². The van der Waals surface area contributed by atoms with Crippen LogP contribution in [0.15, 0.2) is 18.2 Å². The second-order valence-corrected chi connectivity index (χ2v) is 7.44. The highest BCUT2D eigenvalue weighted by Gasteiger charge is 2.39. The van der Waals surface area contributed by atoms with Gasteiger partial charge in [0.1, 0.15) is 0 Å². The zero-order valence-corrected chi connectivity index (χ0v) is 16.2. The number of amides is 2. The first-order chi connectivity index (χ1) is 13.4. The molecule has 2 aliphatic rings. The minimum Gasteiger partial charge on any atom is -0.493 e. The SMILES string of the molecule is COc1ccc(CN(C)C(=O)C2CC(=O)N(C3CCCC3)C2)cc1OC(F)F. The molecule has 1 atom stereocenters. The number of ether oxygens (including phenoxy) is 2. The van der Waals surface area contributed by atoms with Crippen molar-refractivity contribution >= 4 is 11.8 Å². The van der Waals surface area contributed by atoms with Crippen LogP contribution in [0.5, 0.6) is 11.5 Å². The molecule has 6 nitrogen and oxygen atoms in total. The van der Waals surface area contributed by atoms with Crippen molar-refractivity contribution in [1.82, 2.24) is 9.80 Å². The van der Waals surface area contributed by atoms with Gasteiger partial charge in [-0.15, -0.1) is 0 Å². The second-order valence-electron chi connectivity index (χ2n) is 7.44. The summed E-state index contributed by atoms with van der Waals surface area (Å²) in [7, 11) is 3.03. The summed E-state index contributed by atoms with van der Waals surface area (Å²) in [6.07, 6.45) is 4.53. The molecule has 0 radical (unpaired) electrons. The van der Waals surface area contributed by atoms with Crippen LogP contribution in [0.3, 0.4) is 0 Å². The van der Waals surface area contributed by atoms with Gasteiger partial charge >= 0.3 is 6.61 Å². The Hall–Kier alpha value is -2.38. The number of nitrogens with zero attached hydrogens (tertiary/aromatic N) is 2. The molecule has 1 aliphatic carbocycles. The van der Waals surface area contributed by atoms with Gasteiger partial charge in [-0.25, -0.2) is 0 Å². The summed E-state index contributed by atoms with van der Waals surface area (Å²) < 4.78 is 34.7. The number of halogens is 2. The molecule has 1 aromatic carbocycles. The molecular formula is C20H26F2N2O4. The monoisotopic (exact) mass is 396 g/mol. The molecule has 0 aromatic heterocycles. The van der Waals surface area contributed by atoms with E-state index < -0.39 is 6.61 Å². The minimum absolute atomic E-state index is 0.0516. The molecule has 2 fully saturated rings. The molecule has 1 heterocycles. The van der Waals surface area contributed by atoms with E-state index in [9.17, 15) is 18.4 Å². The Kier molecular flexibility index (Phi) is 6.36. The molecule has 1 aliphatic heterocycles.